The van der Waals surface area contributed by atoms with E-state index in [4.69, 9.17) is 4.74 Å². The highest BCUT2D eigenvalue weighted by Crippen LogP contribution is 2.35. The van der Waals surface area contributed by atoms with Gasteiger partial charge < -0.3 is 10.1 Å². The molecule has 2 atom stereocenters. The van der Waals surface area contributed by atoms with Crippen LogP contribution in [-0.4, -0.2) is 25.8 Å². The number of hydrogen-bond donors (Lipinski definition) is 1. The highest BCUT2D eigenvalue weighted by Gasteiger charge is 2.31. The zero-order valence-electron chi connectivity index (χ0n) is 11.6. The first-order chi connectivity index (χ1) is 8.25. The summed E-state index contributed by atoms with van der Waals surface area (Å²) in [5.41, 5.74) is 0. The van der Waals surface area contributed by atoms with Crippen molar-refractivity contribution in [3.63, 3.8) is 0 Å². The lowest BCUT2D eigenvalue weighted by atomic mass is 9.98. The lowest BCUT2D eigenvalue weighted by molar-refractivity contribution is 0.0533. The second-order valence-electron chi connectivity index (χ2n) is 6.41. The summed E-state index contributed by atoms with van der Waals surface area (Å²) < 4.78 is 5.55. The van der Waals surface area contributed by atoms with Gasteiger partial charge in [0.15, 0.2) is 0 Å². The van der Waals surface area contributed by atoms with Gasteiger partial charge >= 0.3 is 0 Å². The monoisotopic (exact) mass is 239 g/mol. The first kappa shape index (κ1) is 13.4. The predicted octanol–water partition coefficient (Wildman–Crippen LogP) is 3.22. The Kier molecular flexibility index (Phi) is 5.30. The third-order valence-corrected chi connectivity index (χ3v) is 4.17. The third-order valence-electron chi connectivity index (χ3n) is 4.17. The summed E-state index contributed by atoms with van der Waals surface area (Å²) in [5.74, 6) is 2.60. The SMILES string of the molecule is CC(C)CCC(NCC1CCCOC1)C1CC1. The van der Waals surface area contributed by atoms with Gasteiger partial charge in [0.25, 0.3) is 0 Å². The summed E-state index contributed by atoms with van der Waals surface area (Å²) in [6.45, 7) is 7.81. The Morgan fingerprint density at radius 1 is 1.18 bits per heavy atom. The second kappa shape index (κ2) is 6.75. The lowest BCUT2D eigenvalue weighted by Gasteiger charge is -2.26. The maximum Gasteiger partial charge on any atom is 0.0506 e. The quantitative estimate of drug-likeness (QED) is 0.736. The van der Waals surface area contributed by atoms with Gasteiger partial charge in [0.05, 0.1) is 6.61 Å². The van der Waals surface area contributed by atoms with Crippen LogP contribution < -0.4 is 5.32 Å². The molecule has 100 valence electrons. The molecule has 2 unspecified atom stereocenters. The fraction of sp³-hybridized carbons (Fsp3) is 1.00. The van der Waals surface area contributed by atoms with Crippen molar-refractivity contribution in [2.75, 3.05) is 19.8 Å². The molecule has 2 rings (SSSR count). The molecule has 0 aromatic heterocycles. The summed E-state index contributed by atoms with van der Waals surface area (Å²) in [7, 11) is 0. The molecule has 2 nitrogen and oxygen atoms in total. The van der Waals surface area contributed by atoms with E-state index in [2.05, 4.69) is 19.2 Å². The highest BCUT2D eigenvalue weighted by atomic mass is 16.5. The van der Waals surface area contributed by atoms with E-state index >= 15 is 0 Å². The number of hydrogen-bond acceptors (Lipinski definition) is 2. The van der Waals surface area contributed by atoms with E-state index in [0.717, 1.165) is 37.0 Å². The Morgan fingerprint density at radius 2 is 2.00 bits per heavy atom. The Hall–Kier alpha value is -0.0800. The fourth-order valence-electron chi connectivity index (χ4n) is 2.80. The Labute approximate surface area is 107 Å². The summed E-state index contributed by atoms with van der Waals surface area (Å²) >= 11 is 0. The van der Waals surface area contributed by atoms with Crippen molar-refractivity contribution in [2.45, 2.75) is 58.4 Å². The van der Waals surface area contributed by atoms with Crippen LogP contribution in [0.5, 0.6) is 0 Å². The summed E-state index contributed by atoms with van der Waals surface area (Å²) in [6.07, 6.45) is 8.26. The standard InChI is InChI=1S/C15H29NO/c1-12(2)5-8-15(14-6-7-14)16-10-13-4-3-9-17-11-13/h12-16H,3-11H2,1-2H3. The summed E-state index contributed by atoms with van der Waals surface area (Å²) in [4.78, 5) is 0. The maximum absolute atomic E-state index is 5.55. The van der Waals surface area contributed by atoms with Crippen LogP contribution in [0.4, 0.5) is 0 Å². The van der Waals surface area contributed by atoms with Crippen LogP contribution in [0.3, 0.4) is 0 Å². The topological polar surface area (TPSA) is 21.3 Å². The third kappa shape index (κ3) is 4.97. The minimum absolute atomic E-state index is 0.768. The van der Waals surface area contributed by atoms with Crippen molar-refractivity contribution in [1.82, 2.24) is 5.32 Å². The van der Waals surface area contributed by atoms with Crippen LogP contribution >= 0.6 is 0 Å². The molecule has 1 aliphatic heterocycles. The van der Waals surface area contributed by atoms with Crippen LogP contribution in [0.2, 0.25) is 0 Å². The molecule has 1 heterocycles. The molecule has 0 spiro atoms. The van der Waals surface area contributed by atoms with Crippen LogP contribution in [0.1, 0.15) is 52.4 Å². The van der Waals surface area contributed by atoms with Crippen molar-refractivity contribution < 1.29 is 4.74 Å². The molecule has 1 saturated heterocycles. The molecular weight excluding hydrogens is 210 g/mol. The molecule has 2 heteroatoms. The molecular formula is C15H29NO. The average molecular weight is 239 g/mol. The first-order valence-corrected chi connectivity index (χ1v) is 7.57. The Balaban J connectivity index is 1.65. The normalized spacial score (nSPS) is 27.4. The van der Waals surface area contributed by atoms with Gasteiger partial charge in [0.2, 0.25) is 0 Å². The van der Waals surface area contributed by atoms with E-state index < -0.39 is 0 Å². The van der Waals surface area contributed by atoms with Gasteiger partial charge in [0, 0.05) is 19.2 Å². The predicted molar refractivity (Wildman–Crippen MR) is 72.1 cm³/mol. The Bertz CT molecular complexity index is 207. The average Bonchev–Trinajstić information content (AvgIpc) is 3.14. The molecule has 1 saturated carbocycles. The summed E-state index contributed by atoms with van der Waals surface area (Å²) in [5, 5.41) is 3.83. The van der Waals surface area contributed by atoms with Gasteiger partial charge in [0.1, 0.15) is 0 Å². The molecule has 2 fully saturated rings. The molecule has 0 bridgehead atoms. The number of ether oxygens (including phenoxy) is 1. The van der Waals surface area contributed by atoms with Crippen molar-refractivity contribution in [1.29, 1.82) is 0 Å². The molecule has 17 heavy (non-hydrogen) atoms. The lowest BCUT2D eigenvalue weighted by Crippen LogP contribution is -2.37. The number of nitrogens with one attached hydrogen (secondary N) is 1. The van der Waals surface area contributed by atoms with E-state index in [0.29, 0.717) is 0 Å². The van der Waals surface area contributed by atoms with E-state index in [1.807, 2.05) is 0 Å². The van der Waals surface area contributed by atoms with Crippen molar-refractivity contribution in [3.8, 4) is 0 Å². The largest absolute Gasteiger partial charge is 0.381 e. The van der Waals surface area contributed by atoms with Gasteiger partial charge in [-0.3, -0.25) is 0 Å². The molecule has 1 aliphatic carbocycles. The summed E-state index contributed by atoms with van der Waals surface area (Å²) in [6, 6.07) is 0.791. The van der Waals surface area contributed by atoms with Crippen molar-refractivity contribution in [3.05, 3.63) is 0 Å². The fourth-order valence-corrected chi connectivity index (χ4v) is 2.80. The van der Waals surface area contributed by atoms with Crippen molar-refractivity contribution >= 4 is 0 Å². The van der Waals surface area contributed by atoms with E-state index in [-0.39, 0.29) is 0 Å². The first-order valence-electron chi connectivity index (χ1n) is 7.57. The molecule has 0 radical (unpaired) electrons. The molecule has 0 aromatic rings. The smallest absolute Gasteiger partial charge is 0.0506 e. The Morgan fingerprint density at radius 3 is 2.59 bits per heavy atom. The minimum atomic E-state index is 0.768. The zero-order chi connectivity index (χ0) is 12.1. The van der Waals surface area contributed by atoms with Gasteiger partial charge in [-0.15, -0.1) is 0 Å². The second-order valence-corrected chi connectivity index (χ2v) is 6.41. The van der Waals surface area contributed by atoms with E-state index in [1.165, 1.54) is 45.1 Å². The molecule has 1 N–H and O–H groups in total. The highest BCUT2D eigenvalue weighted by molar-refractivity contribution is 4.87. The number of rotatable bonds is 7. The van der Waals surface area contributed by atoms with Gasteiger partial charge in [-0.1, -0.05) is 13.8 Å². The van der Waals surface area contributed by atoms with E-state index in [9.17, 15) is 0 Å². The van der Waals surface area contributed by atoms with Gasteiger partial charge in [-0.25, -0.2) is 0 Å². The minimum Gasteiger partial charge on any atom is -0.381 e. The molecule has 0 amide bonds. The zero-order valence-corrected chi connectivity index (χ0v) is 11.6. The maximum atomic E-state index is 5.55. The van der Waals surface area contributed by atoms with E-state index in [1.54, 1.807) is 0 Å². The van der Waals surface area contributed by atoms with Crippen molar-refractivity contribution in [2.24, 2.45) is 17.8 Å². The van der Waals surface area contributed by atoms with Crippen LogP contribution in [0, 0.1) is 17.8 Å². The molecule has 2 aliphatic rings. The van der Waals surface area contributed by atoms with Gasteiger partial charge in [-0.05, 0) is 56.3 Å². The van der Waals surface area contributed by atoms with Gasteiger partial charge in [-0.2, -0.15) is 0 Å². The van der Waals surface area contributed by atoms with Crippen LogP contribution in [0.25, 0.3) is 0 Å². The molecule has 0 aromatic carbocycles. The van der Waals surface area contributed by atoms with Crippen LogP contribution in [-0.2, 0) is 4.74 Å². The van der Waals surface area contributed by atoms with Crippen LogP contribution in [0.15, 0.2) is 0 Å².